The number of methoxy groups -OCH3 is 1. The molecular weight excluding hydrogens is 464 g/mol. The zero-order chi connectivity index (χ0) is 25.1. The van der Waals surface area contributed by atoms with Crippen LogP contribution in [0, 0.1) is 28.6 Å². The number of hydrogen-bond donors (Lipinski definition) is 0. The quantitative estimate of drug-likeness (QED) is 0.303. The maximum Gasteiger partial charge on any atom is 0.316 e. The Kier molecular flexibility index (Phi) is 5.01. The van der Waals surface area contributed by atoms with Gasteiger partial charge in [0, 0.05) is 11.8 Å². The minimum absolute atomic E-state index is 0.0292. The molecule has 1 saturated heterocycles. The van der Waals surface area contributed by atoms with Crippen LogP contribution < -0.4 is 0 Å². The summed E-state index contributed by atoms with van der Waals surface area (Å²) in [4.78, 5) is 27.3. The molecule has 0 N–H and O–H groups in total. The Balaban J connectivity index is 1.67. The van der Waals surface area contributed by atoms with Gasteiger partial charge < -0.3 is 18.3 Å². The third-order valence-electron chi connectivity index (χ3n) is 9.23. The number of esters is 2. The van der Waals surface area contributed by atoms with Crippen LogP contribution >= 0.6 is 0 Å². The van der Waals surface area contributed by atoms with Crippen molar-refractivity contribution in [1.82, 2.24) is 0 Å². The number of carbonyl (C=O) groups excluding carboxylic acids is 2. The van der Waals surface area contributed by atoms with E-state index in [1.807, 2.05) is 6.92 Å². The van der Waals surface area contributed by atoms with Gasteiger partial charge in [0.25, 0.3) is 0 Å². The lowest BCUT2D eigenvalue weighted by Gasteiger charge is -2.47. The Bertz CT molecular complexity index is 994. The van der Waals surface area contributed by atoms with Crippen molar-refractivity contribution >= 4 is 28.6 Å². The van der Waals surface area contributed by atoms with Gasteiger partial charge in [-0.25, -0.2) is 0 Å². The fourth-order valence-electron chi connectivity index (χ4n) is 8.49. The van der Waals surface area contributed by atoms with Crippen molar-refractivity contribution in [3.05, 3.63) is 24.3 Å². The molecule has 6 nitrogen and oxygen atoms in total. The van der Waals surface area contributed by atoms with E-state index in [4.69, 9.17) is 18.3 Å². The van der Waals surface area contributed by atoms with Gasteiger partial charge in [-0.05, 0) is 89.0 Å². The SMILES string of the molecule is C=C1C[C@]23C[C@@]1(O[Si](C)(C)C)CCC2[C@@]12C=C[C@H](O[Si](C)(C)C)C(C)(C(=O)O1)C2C3C(=O)OC. The molecule has 188 valence electrons. The lowest BCUT2D eigenvalue weighted by Crippen LogP contribution is -2.53. The highest BCUT2D eigenvalue weighted by Crippen LogP contribution is 2.78. The molecule has 4 fully saturated rings. The van der Waals surface area contributed by atoms with E-state index in [9.17, 15) is 9.59 Å². The van der Waals surface area contributed by atoms with Gasteiger partial charge in [-0.15, -0.1) is 0 Å². The summed E-state index contributed by atoms with van der Waals surface area (Å²) in [6.07, 6.45) is 6.86. The predicted molar refractivity (Wildman–Crippen MR) is 134 cm³/mol. The molecule has 8 atom stereocenters. The number of rotatable bonds is 5. The van der Waals surface area contributed by atoms with Crippen LogP contribution in [0.25, 0.3) is 0 Å². The molecule has 4 bridgehead atoms. The number of hydrogen-bond acceptors (Lipinski definition) is 6. The molecule has 8 heteroatoms. The molecule has 5 rings (SSSR count). The second-order valence-electron chi connectivity index (χ2n) is 13.5. The van der Waals surface area contributed by atoms with Crippen molar-refractivity contribution in [3.63, 3.8) is 0 Å². The first kappa shape index (κ1) is 24.5. The van der Waals surface area contributed by atoms with Crippen LogP contribution in [0.3, 0.4) is 0 Å². The molecule has 4 aliphatic carbocycles. The molecule has 1 spiro atoms. The van der Waals surface area contributed by atoms with Crippen LogP contribution in [-0.2, 0) is 27.9 Å². The van der Waals surface area contributed by atoms with Crippen molar-refractivity contribution in [1.29, 1.82) is 0 Å². The highest BCUT2D eigenvalue weighted by molar-refractivity contribution is 6.70. The molecule has 0 radical (unpaired) electrons. The van der Waals surface area contributed by atoms with Gasteiger partial charge >= 0.3 is 11.9 Å². The van der Waals surface area contributed by atoms with E-state index in [0.717, 1.165) is 24.8 Å². The third kappa shape index (κ3) is 2.97. The van der Waals surface area contributed by atoms with E-state index < -0.39 is 50.7 Å². The molecule has 0 aromatic heterocycles. The number of ether oxygens (including phenoxy) is 2. The summed E-state index contributed by atoms with van der Waals surface area (Å²) in [6.45, 7) is 19.5. The van der Waals surface area contributed by atoms with Crippen molar-refractivity contribution < 1.29 is 27.9 Å². The van der Waals surface area contributed by atoms with E-state index in [0.29, 0.717) is 6.42 Å². The highest BCUT2D eigenvalue weighted by atomic mass is 28.4. The Morgan fingerprint density at radius 3 is 2.44 bits per heavy atom. The van der Waals surface area contributed by atoms with E-state index in [-0.39, 0.29) is 23.8 Å². The van der Waals surface area contributed by atoms with Crippen LogP contribution in [0.1, 0.15) is 32.6 Å². The molecule has 0 amide bonds. The van der Waals surface area contributed by atoms with Crippen LogP contribution in [0.15, 0.2) is 24.3 Å². The maximum atomic E-state index is 13.7. The Hall–Kier alpha value is -1.23. The summed E-state index contributed by atoms with van der Waals surface area (Å²) >= 11 is 0. The second kappa shape index (κ2) is 6.96. The minimum atomic E-state index is -1.98. The standard InChI is InChI=1S/C26H40O6Si2/c1-16-14-24-15-25(16,32-34(7,8)9)12-10-17(24)26-13-11-18(31-33(4,5)6)23(2,22(28)30-26)20(26)19(24)21(27)29-3/h11,13,17-20H,1,10,12,14-15H2,2-9H3/t17?,18-,19?,20?,23?,24-,25-,26+/m0/s1. The molecule has 0 aromatic rings. The van der Waals surface area contributed by atoms with Gasteiger partial charge in [0.05, 0.1) is 24.7 Å². The zero-order valence-electron chi connectivity index (χ0n) is 21.9. The topological polar surface area (TPSA) is 71.1 Å². The van der Waals surface area contributed by atoms with Crippen molar-refractivity contribution in [2.24, 2.45) is 28.6 Å². The number of carbonyl (C=O) groups is 2. The predicted octanol–water partition coefficient (Wildman–Crippen LogP) is 4.83. The Labute approximate surface area is 205 Å². The van der Waals surface area contributed by atoms with Gasteiger partial charge in [-0.2, -0.15) is 0 Å². The zero-order valence-corrected chi connectivity index (χ0v) is 23.9. The van der Waals surface area contributed by atoms with E-state index in [1.54, 1.807) is 0 Å². The van der Waals surface area contributed by atoms with Crippen LogP contribution in [0.2, 0.25) is 39.3 Å². The first-order valence-electron chi connectivity index (χ1n) is 12.6. The minimum Gasteiger partial charge on any atom is -0.469 e. The fourth-order valence-corrected chi connectivity index (χ4v) is 11.1. The van der Waals surface area contributed by atoms with E-state index in [2.05, 4.69) is 58.0 Å². The smallest absolute Gasteiger partial charge is 0.316 e. The average Bonchev–Trinajstić information content (AvgIpc) is 3.12. The summed E-state index contributed by atoms with van der Waals surface area (Å²) < 4.78 is 25.2. The molecular formula is C26H40O6Si2. The van der Waals surface area contributed by atoms with Gasteiger partial charge in [-0.1, -0.05) is 12.7 Å². The van der Waals surface area contributed by atoms with Crippen molar-refractivity contribution in [2.75, 3.05) is 7.11 Å². The average molecular weight is 505 g/mol. The molecule has 0 aromatic carbocycles. The molecule has 3 saturated carbocycles. The number of fused-ring (bicyclic) bond motifs is 1. The summed E-state index contributed by atoms with van der Waals surface area (Å²) in [6, 6.07) is 0. The third-order valence-corrected chi connectivity index (χ3v) is 11.2. The molecule has 5 aliphatic rings. The maximum absolute atomic E-state index is 13.7. The van der Waals surface area contributed by atoms with Gasteiger partial charge in [0.15, 0.2) is 16.6 Å². The van der Waals surface area contributed by atoms with E-state index in [1.165, 1.54) is 7.11 Å². The van der Waals surface area contributed by atoms with Crippen LogP contribution in [0.4, 0.5) is 0 Å². The van der Waals surface area contributed by atoms with E-state index >= 15 is 0 Å². The highest BCUT2D eigenvalue weighted by Gasteiger charge is 2.84. The molecule has 1 heterocycles. The Morgan fingerprint density at radius 1 is 1.18 bits per heavy atom. The van der Waals surface area contributed by atoms with Crippen LogP contribution in [-0.4, -0.2) is 53.0 Å². The molecule has 4 unspecified atom stereocenters. The lowest BCUT2D eigenvalue weighted by atomic mass is 9.61. The lowest BCUT2D eigenvalue weighted by molar-refractivity contribution is -0.163. The van der Waals surface area contributed by atoms with Crippen LogP contribution in [0.5, 0.6) is 0 Å². The fraction of sp³-hybridized carbons (Fsp3) is 0.769. The monoisotopic (exact) mass is 504 g/mol. The van der Waals surface area contributed by atoms with Crippen molar-refractivity contribution in [3.8, 4) is 0 Å². The first-order chi connectivity index (χ1) is 15.5. The van der Waals surface area contributed by atoms with Gasteiger partial charge in [0.1, 0.15) is 11.0 Å². The van der Waals surface area contributed by atoms with Gasteiger partial charge in [-0.3, -0.25) is 9.59 Å². The summed E-state index contributed by atoms with van der Waals surface area (Å²) in [5.41, 5.74) is -1.45. The Morgan fingerprint density at radius 2 is 1.85 bits per heavy atom. The largest absolute Gasteiger partial charge is 0.469 e. The second-order valence-corrected chi connectivity index (χ2v) is 22.4. The van der Waals surface area contributed by atoms with Gasteiger partial charge in [0.2, 0.25) is 0 Å². The summed E-state index contributed by atoms with van der Waals surface area (Å²) in [7, 11) is -2.39. The van der Waals surface area contributed by atoms with Crippen molar-refractivity contribution in [2.45, 2.75) is 89.2 Å². The molecule has 1 aliphatic heterocycles. The molecule has 34 heavy (non-hydrogen) atoms. The summed E-state index contributed by atoms with van der Waals surface area (Å²) in [5.74, 6) is -1.27. The summed E-state index contributed by atoms with van der Waals surface area (Å²) in [5, 5.41) is 0. The first-order valence-corrected chi connectivity index (χ1v) is 19.4. The normalized spacial score (nSPS) is 46.8.